The molecule has 2 N–H and O–H groups in total. The lowest BCUT2D eigenvalue weighted by atomic mass is 9.82. The summed E-state index contributed by atoms with van der Waals surface area (Å²) in [7, 11) is 0. The molecule has 1 fully saturated rings. The third-order valence-corrected chi connectivity index (χ3v) is 4.80. The van der Waals surface area contributed by atoms with Crippen molar-refractivity contribution in [2.75, 3.05) is 18.0 Å². The lowest BCUT2D eigenvalue weighted by molar-refractivity contribution is 0.301. The molecule has 2 heterocycles. The summed E-state index contributed by atoms with van der Waals surface area (Å²) in [6.07, 6.45) is 5.62. The molecule has 0 radical (unpaired) electrons. The number of halogens is 1. The van der Waals surface area contributed by atoms with Crippen LogP contribution in [0.5, 0.6) is 0 Å². The third kappa shape index (κ3) is 2.54. The second-order valence-electron chi connectivity index (χ2n) is 5.22. The minimum absolute atomic E-state index is 0.473. The number of aromatic nitrogens is 1. The van der Waals surface area contributed by atoms with E-state index in [1.807, 2.05) is 6.20 Å². The Labute approximate surface area is 118 Å². The van der Waals surface area contributed by atoms with Gasteiger partial charge in [0.05, 0.1) is 0 Å². The monoisotopic (exact) mass is 311 g/mol. The van der Waals surface area contributed by atoms with E-state index in [0.717, 1.165) is 28.9 Å². The van der Waals surface area contributed by atoms with Crippen molar-refractivity contribution in [3.63, 3.8) is 0 Å². The Bertz CT molecular complexity index is 416. The van der Waals surface area contributed by atoms with Crippen molar-refractivity contribution in [1.82, 2.24) is 4.98 Å². The van der Waals surface area contributed by atoms with E-state index >= 15 is 0 Å². The number of hydrogen-bond acceptors (Lipinski definition) is 3. The zero-order valence-corrected chi connectivity index (χ0v) is 12.8. The first-order valence-electron chi connectivity index (χ1n) is 6.73. The van der Waals surface area contributed by atoms with Crippen LogP contribution in [0.25, 0.3) is 0 Å². The Morgan fingerprint density at radius 3 is 2.72 bits per heavy atom. The van der Waals surface area contributed by atoms with Crippen molar-refractivity contribution >= 4 is 21.7 Å². The van der Waals surface area contributed by atoms with E-state index in [1.165, 1.54) is 19.3 Å². The van der Waals surface area contributed by atoms with Crippen LogP contribution >= 0.6 is 15.9 Å². The molecule has 1 aliphatic rings. The molecule has 0 aliphatic carbocycles. The molecule has 2 rings (SSSR count). The Hall–Kier alpha value is -0.610. The molecule has 1 aromatic rings. The maximum Gasteiger partial charge on any atom is 0.133 e. The first-order valence-corrected chi connectivity index (χ1v) is 7.53. The van der Waals surface area contributed by atoms with Gasteiger partial charge in [0.2, 0.25) is 0 Å². The van der Waals surface area contributed by atoms with Gasteiger partial charge in [0.25, 0.3) is 0 Å². The van der Waals surface area contributed by atoms with Gasteiger partial charge in [0, 0.05) is 35.9 Å². The van der Waals surface area contributed by atoms with Crippen LogP contribution in [0, 0.1) is 5.41 Å². The molecule has 1 aliphatic heterocycles. The Morgan fingerprint density at radius 1 is 1.44 bits per heavy atom. The number of nitrogens with two attached hydrogens (primary N) is 1. The van der Waals surface area contributed by atoms with Gasteiger partial charge in [-0.1, -0.05) is 13.8 Å². The van der Waals surface area contributed by atoms with Crippen LogP contribution in [0.1, 0.15) is 38.7 Å². The summed E-state index contributed by atoms with van der Waals surface area (Å²) in [6, 6.07) is 2.08. The molecule has 0 aromatic carbocycles. The molecule has 1 saturated heterocycles. The molecule has 0 spiro atoms. The predicted molar refractivity (Wildman–Crippen MR) is 79.7 cm³/mol. The Balaban J connectivity index is 2.24. The summed E-state index contributed by atoms with van der Waals surface area (Å²) >= 11 is 3.46. The summed E-state index contributed by atoms with van der Waals surface area (Å²) in [5.41, 5.74) is 7.44. The van der Waals surface area contributed by atoms with Crippen molar-refractivity contribution in [2.24, 2.45) is 11.1 Å². The molecule has 3 nitrogen and oxygen atoms in total. The fourth-order valence-electron chi connectivity index (χ4n) is 2.85. The lowest BCUT2D eigenvalue weighted by Crippen LogP contribution is -2.27. The average molecular weight is 312 g/mol. The van der Waals surface area contributed by atoms with Crippen LogP contribution in [-0.4, -0.2) is 18.1 Å². The third-order valence-electron chi connectivity index (χ3n) is 4.37. The SMILES string of the molecule is CCC1(CC)CCN(c2ncc(Br)cc2CN)C1. The van der Waals surface area contributed by atoms with Crippen LogP contribution < -0.4 is 10.6 Å². The normalized spacial score (nSPS) is 18.3. The fraction of sp³-hybridized carbons (Fsp3) is 0.643. The number of pyridine rings is 1. The molecular formula is C14H22BrN3. The zero-order valence-electron chi connectivity index (χ0n) is 11.2. The van der Waals surface area contributed by atoms with E-state index in [-0.39, 0.29) is 0 Å². The van der Waals surface area contributed by atoms with Gasteiger partial charge in [-0.25, -0.2) is 4.98 Å². The maximum atomic E-state index is 5.83. The summed E-state index contributed by atoms with van der Waals surface area (Å²) in [4.78, 5) is 6.97. The van der Waals surface area contributed by atoms with Gasteiger partial charge in [-0.2, -0.15) is 0 Å². The highest BCUT2D eigenvalue weighted by Gasteiger charge is 2.35. The van der Waals surface area contributed by atoms with Crippen LogP contribution in [0.3, 0.4) is 0 Å². The molecule has 0 bridgehead atoms. The highest BCUT2D eigenvalue weighted by Crippen LogP contribution is 2.39. The quantitative estimate of drug-likeness (QED) is 0.927. The van der Waals surface area contributed by atoms with Crippen LogP contribution in [-0.2, 0) is 6.54 Å². The number of nitrogens with zero attached hydrogens (tertiary/aromatic N) is 2. The second kappa shape index (κ2) is 5.57. The minimum Gasteiger partial charge on any atom is -0.356 e. The first kappa shape index (κ1) is 13.8. The van der Waals surface area contributed by atoms with Crippen molar-refractivity contribution in [2.45, 2.75) is 39.7 Å². The average Bonchev–Trinajstić information content (AvgIpc) is 2.83. The Kier molecular flexibility index (Phi) is 4.28. The molecule has 0 saturated carbocycles. The fourth-order valence-corrected chi connectivity index (χ4v) is 3.23. The van der Waals surface area contributed by atoms with Crippen molar-refractivity contribution < 1.29 is 0 Å². The van der Waals surface area contributed by atoms with Crippen molar-refractivity contribution in [1.29, 1.82) is 0 Å². The zero-order chi connectivity index (χ0) is 13.2. The maximum absolute atomic E-state index is 5.83. The summed E-state index contributed by atoms with van der Waals surface area (Å²) < 4.78 is 1.00. The molecular weight excluding hydrogens is 290 g/mol. The highest BCUT2D eigenvalue weighted by molar-refractivity contribution is 9.10. The van der Waals surface area contributed by atoms with E-state index in [9.17, 15) is 0 Å². The molecule has 0 unspecified atom stereocenters. The van der Waals surface area contributed by atoms with Gasteiger partial charge in [0.15, 0.2) is 0 Å². The number of rotatable bonds is 4. The molecule has 18 heavy (non-hydrogen) atoms. The van der Waals surface area contributed by atoms with Gasteiger partial charge >= 0.3 is 0 Å². The number of hydrogen-bond donors (Lipinski definition) is 1. The van der Waals surface area contributed by atoms with E-state index in [1.54, 1.807) is 0 Å². The lowest BCUT2D eigenvalue weighted by Gasteiger charge is -2.27. The number of anilines is 1. The van der Waals surface area contributed by atoms with Crippen molar-refractivity contribution in [3.05, 3.63) is 22.3 Å². The van der Waals surface area contributed by atoms with Gasteiger partial charge in [-0.3, -0.25) is 0 Å². The van der Waals surface area contributed by atoms with E-state index < -0.39 is 0 Å². The Morgan fingerprint density at radius 2 is 2.17 bits per heavy atom. The van der Waals surface area contributed by atoms with Gasteiger partial charge in [0.1, 0.15) is 5.82 Å². The largest absolute Gasteiger partial charge is 0.356 e. The van der Waals surface area contributed by atoms with Gasteiger partial charge < -0.3 is 10.6 Å². The second-order valence-corrected chi connectivity index (χ2v) is 6.13. The summed E-state index contributed by atoms with van der Waals surface area (Å²) in [5, 5.41) is 0. The molecule has 100 valence electrons. The predicted octanol–water partition coefficient (Wildman–Crippen LogP) is 3.32. The van der Waals surface area contributed by atoms with E-state index in [0.29, 0.717) is 12.0 Å². The summed E-state index contributed by atoms with van der Waals surface area (Å²) in [6.45, 7) is 7.35. The molecule has 4 heteroatoms. The first-order chi connectivity index (χ1) is 8.64. The van der Waals surface area contributed by atoms with Crippen LogP contribution in [0.4, 0.5) is 5.82 Å². The molecule has 0 atom stereocenters. The van der Waals surface area contributed by atoms with E-state index in [4.69, 9.17) is 5.73 Å². The van der Waals surface area contributed by atoms with E-state index in [2.05, 4.69) is 45.7 Å². The summed E-state index contributed by atoms with van der Waals surface area (Å²) in [5.74, 6) is 1.07. The van der Waals surface area contributed by atoms with Gasteiger partial charge in [-0.05, 0) is 46.7 Å². The topological polar surface area (TPSA) is 42.2 Å². The molecule has 1 aromatic heterocycles. The molecule has 0 amide bonds. The minimum atomic E-state index is 0.473. The standard InChI is InChI=1S/C14H22BrN3/c1-3-14(4-2)5-6-18(10-14)13-11(8-16)7-12(15)9-17-13/h7,9H,3-6,8,10,16H2,1-2H3. The highest BCUT2D eigenvalue weighted by atomic mass is 79.9. The van der Waals surface area contributed by atoms with Crippen LogP contribution in [0.15, 0.2) is 16.7 Å². The smallest absolute Gasteiger partial charge is 0.133 e. The van der Waals surface area contributed by atoms with Crippen molar-refractivity contribution in [3.8, 4) is 0 Å². The van der Waals surface area contributed by atoms with Gasteiger partial charge in [-0.15, -0.1) is 0 Å². The van der Waals surface area contributed by atoms with Crippen LogP contribution in [0.2, 0.25) is 0 Å².